The highest BCUT2D eigenvalue weighted by atomic mass is 16.5. The van der Waals surface area contributed by atoms with E-state index in [0.29, 0.717) is 12.4 Å². The van der Waals surface area contributed by atoms with Crippen molar-refractivity contribution >= 4 is 5.97 Å². The summed E-state index contributed by atoms with van der Waals surface area (Å²) in [7, 11) is 0. The average Bonchev–Trinajstić information content (AvgIpc) is 2.70. The minimum Gasteiger partial charge on any atom is -0.493 e. The maximum atomic E-state index is 11.2. The van der Waals surface area contributed by atoms with Crippen LogP contribution >= 0.6 is 0 Å². The van der Waals surface area contributed by atoms with E-state index >= 15 is 0 Å². The van der Waals surface area contributed by atoms with Gasteiger partial charge in [-0.05, 0) is 30.9 Å². The third-order valence-electron chi connectivity index (χ3n) is 5.56. The van der Waals surface area contributed by atoms with Crippen LogP contribution in [0, 0.1) is 5.92 Å². The van der Waals surface area contributed by atoms with Crippen LogP contribution in [0.25, 0.3) is 0 Å². The summed E-state index contributed by atoms with van der Waals surface area (Å²) in [5.74, 6) is 0.413. The van der Waals surface area contributed by atoms with E-state index in [4.69, 9.17) is 4.74 Å². The van der Waals surface area contributed by atoms with Crippen LogP contribution in [-0.4, -0.2) is 17.7 Å². The van der Waals surface area contributed by atoms with Crippen molar-refractivity contribution in [2.24, 2.45) is 5.92 Å². The highest BCUT2D eigenvalue weighted by Crippen LogP contribution is 2.24. The van der Waals surface area contributed by atoms with Gasteiger partial charge in [-0.3, -0.25) is 0 Å². The number of ether oxygens (including phenoxy) is 1. The molecule has 0 aliphatic rings. The van der Waals surface area contributed by atoms with E-state index in [-0.39, 0.29) is 11.7 Å². The van der Waals surface area contributed by atoms with Crippen LogP contribution in [0.2, 0.25) is 0 Å². The van der Waals surface area contributed by atoms with E-state index < -0.39 is 5.97 Å². The molecule has 29 heavy (non-hydrogen) atoms. The molecule has 0 amide bonds. The topological polar surface area (TPSA) is 81.5 Å². The van der Waals surface area contributed by atoms with Gasteiger partial charge in [0.15, 0.2) is 0 Å². The fourth-order valence-electron chi connectivity index (χ4n) is 3.82. The SMILES string of the molecule is CCCCCCCCC(CCCCC)CCCCOc1ccccc1C(=O)O.N. The van der Waals surface area contributed by atoms with Gasteiger partial charge in [-0.1, -0.05) is 103 Å². The van der Waals surface area contributed by atoms with Gasteiger partial charge in [0, 0.05) is 0 Å². The molecule has 1 unspecified atom stereocenters. The van der Waals surface area contributed by atoms with Crippen LogP contribution in [0.5, 0.6) is 5.75 Å². The van der Waals surface area contributed by atoms with Crippen LogP contribution < -0.4 is 10.9 Å². The van der Waals surface area contributed by atoms with Gasteiger partial charge in [0.2, 0.25) is 0 Å². The highest BCUT2D eigenvalue weighted by molar-refractivity contribution is 5.90. The lowest BCUT2D eigenvalue weighted by Gasteiger charge is -2.17. The minimum atomic E-state index is -0.925. The summed E-state index contributed by atoms with van der Waals surface area (Å²) in [6.45, 7) is 5.14. The smallest absolute Gasteiger partial charge is 0.339 e. The Morgan fingerprint density at radius 3 is 2.00 bits per heavy atom. The number of aromatic carboxylic acids is 1. The Hall–Kier alpha value is -1.55. The second kappa shape index (κ2) is 18.5. The highest BCUT2D eigenvalue weighted by Gasteiger charge is 2.11. The van der Waals surface area contributed by atoms with Gasteiger partial charge in [0.25, 0.3) is 0 Å². The van der Waals surface area contributed by atoms with Crippen molar-refractivity contribution in [1.82, 2.24) is 6.15 Å². The molecule has 168 valence electrons. The number of hydrogen-bond donors (Lipinski definition) is 2. The van der Waals surface area contributed by atoms with Crippen molar-refractivity contribution in [3.05, 3.63) is 29.8 Å². The van der Waals surface area contributed by atoms with Crippen LogP contribution in [0.4, 0.5) is 0 Å². The Bertz CT molecular complexity index is 519. The summed E-state index contributed by atoms with van der Waals surface area (Å²) in [5.41, 5.74) is 0.253. The van der Waals surface area contributed by atoms with E-state index in [9.17, 15) is 9.90 Å². The summed E-state index contributed by atoms with van der Waals surface area (Å²) in [6, 6.07) is 6.91. The molecule has 0 aliphatic carbocycles. The number of unbranched alkanes of at least 4 members (excludes halogenated alkanes) is 8. The van der Waals surface area contributed by atoms with Gasteiger partial charge in [-0.25, -0.2) is 4.79 Å². The molecule has 0 heterocycles. The number of hydrogen-bond acceptors (Lipinski definition) is 3. The number of rotatable bonds is 18. The van der Waals surface area contributed by atoms with E-state index in [2.05, 4.69) is 13.8 Å². The van der Waals surface area contributed by atoms with Crippen molar-refractivity contribution < 1.29 is 14.6 Å². The van der Waals surface area contributed by atoms with Crippen LogP contribution in [0.1, 0.15) is 114 Å². The number of benzene rings is 1. The lowest BCUT2D eigenvalue weighted by molar-refractivity contribution is 0.0692. The predicted molar refractivity (Wildman–Crippen MR) is 123 cm³/mol. The van der Waals surface area contributed by atoms with Crippen LogP contribution in [0.3, 0.4) is 0 Å². The molecule has 4 heteroatoms. The zero-order valence-corrected chi connectivity index (χ0v) is 19.0. The summed E-state index contributed by atoms with van der Waals surface area (Å²) in [6.07, 6.45) is 18.4. The molecule has 0 saturated carbocycles. The fraction of sp³-hybridized carbons (Fsp3) is 0.720. The zero-order chi connectivity index (χ0) is 20.5. The molecule has 0 saturated heterocycles. The molecule has 4 nitrogen and oxygen atoms in total. The Morgan fingerprint density at radius 2 is 1.34 bits per heavy atom. The van der Waals surface area contributed by atoms with E-state index in [1.165, 1.54) is 83.5 Å². The molecule has 1 aromatic rings. The quantitative estimate of drug-likeness (QED) is 0.241. The molecule has 1 atom stereocenters. The Labute approximate surface area is 179 Å². The Morgan fingerprint density at radius 1 is 0.828 bits per heavy atom. The number of carboxylic acids is 1. The average molecular weight is 408 g/mol. The monoisotopic (exact) mass is 407 g/mol. The third-order valence-corrected chi connectivity index (χ3v) is 5.56. The standard InChI is InChI=1S/C25H42O3.H3N/c1-3-5-7-8-9-11-17-22(16-10-6-4-2)18-14-15-21-28-24-20-13-12-19-23(24)25(26)27;/h12-13,19-20,22H,3-11,14-18,21H2,1-2H3,(H,26,27);1H3. The Balaban J connectivity index is 0.00000784. The minimum absolute atomic E-state index is 0. The summed E-state index contributed by atoms with van der Waals surface area (Å²) >= 11 is 0. The molecule has 4 N–H and O–H groups in total. The number of carbonyl (C=O) groups is 1. The zero-order valence-electron chi connectivity index (χ0n) is 19.0. The third kappa shape index (κ3) is 13.3. The van der Waals surface area contributed by atoms with E-state index in [1.54, 1.807) is 18.2 Å². The fourth-order valence-corrected chi connectivity index (χ4v) is 3.82. The maximum absolute atomic E-state index is 11.2. The van der Waals surface area contributed by atoms with Crippen molar-refractivity contribution in [3.8, 4) is 5.75 Å². The molecule has 0 aromatic heterocycles. The first-order valence-electron chi connectivity index (χ1n) is 11.6. The molecule has 0 spiro atoms. The molecular formula is C25H45NO3. The van der Waals surface area contributed by atoms with Gasteiger partial charge in [0.1, 0.15) is 11.3 Å². The van der Waals surface area contributed by atoms with E-state index in [1.807, 2.05) is 6.07 Å². The van der Waals surface area contributed by atoms with Crippen molar-refractivity contribution in [2.45, 2.75) is 104 Å². The van der Waals surface area contributed by atoms with Gasteiger partial charge < -0.3 is 16.0 Å². The maximum Gasteiger partial charge on any atom is 0.339 e. The molecular weight excluding hydrogens is 362 g/mol. The van der Waals surface area contributed by atoms with Crippen molar-refractivity contribution in [2.75, 3.05) is 6.61 Å². The second-order valence-corrected chi connectivity index (χ2v) is 8.06. The molecule has 0 fully saturated rings. The molecule has 0 radical (unpaired) electrons. The molecule has 0 aliphatic heterocycles. The van der Waals surface area contributed by atoms with Crippen molar-refractivity contribution in [3.63, 3.8) is 0 Å². The lowest BCUT2D eigenvalue weighted by atomic mass is 9.90. The van der Waals surface area contributed by atoms with Gasteiger partial charge >= 0.3 is 5.97 Å². The van der Waals surface area contributed by atoms with Gasteiger partial charge in [-0.15, -0.1) is 0 Å². The molecule has 0 bridgehead atoms. The van der Waals surface area contributed by atoms with Crippen LogP contribution in [0.15, 0.2) is 24.3 Å². The van der Waals surface area contributed by atoms with E-state index in [0.717, 1.165) is 12.3 Å². The molecule has 1 aromatic carbocycles. The number of para-hydroxylation sites is 1. The first-order valence-corrected chi connectivity index (χ1v) is 11.6. The summed E-state index contributed by atoms with van der Waals surface area (Å²) < 4.78 is 5.73. The predicted octanol–water partition coefficient (Wildman–Crippen LogP) is 8.04. The largest absolute Gasteiger partial charge is 0.493 e. The number of carboxylic acid groups (broad SMARTS) is 1. The van der Waals surface area contributed by atoms with Gasteiger partial charge in [0.05, 0.1) is 6.61 Å². The van der Waals surface area contributed by atoms with Gasteiger partial charge in [-0.2, -0.15) is 0 Å². The first kappa shape index (κ1) is 27.5. The first-order chi connectivity index (χ1) is 13.7. The second-order valence-electron chi connectivity index (χ2n) is 8.06. The Kier molecular flexibility index (Phi) is 17.5. The van der Waals surface area contributed by atoms with Crippen LogP contribution in [-0.2, 0) is 0 Å². The molecule has 1 rings (SSSR count). The summed E-state index contributed by atoms with van der Waals surface area (Å²) in [4.78, 5) is 11.2. The lowest BCUT2D eigenvalue weighted by Crippen LogP contribution is -2.06. The normalized spacial score (nSPS) is 11.7. The van der Waals surface area contributed by atoms with Crippen molar-refractivity contribution in [1.29, 1.82) is 0 Å². The summed E-state index contributed by atoms with van der Waals surface area (Å²) in [5, 5.41) is 9.21.